The highest BCUT2D eigenvalue weighted by molar-refractivity contribution is 5.72. The number of ether oxygens (including phenoxy) is 7. The standard InChI is InChI=1S/C52H93NO14/c1-6-9-12-15-18-27-38-61-45(54)30-21-24-33-48(57)64-41-52(44-67-51(60)36-37-53(4)5,42-65-49(58)34-25-22-31-46(55)62-39-28-19-16-13-10-7-2)43-66-50(59)35-26-23-32-47(56)63-40-29-20-17-14-11-8-3/h6-44H2,1-5H3. The summed E-state index contributed by atoms with van der Waals surface area (Å²) in [6, 6.07) is 0. The molecule has 0 saturated heterocycles. The number of hydrogen-bond acceptors (Lipinski definition) is 15. The van der Waals surface area contributed by atoms with Crippen LogP contribution in [0.5, 0.6) is 0 Å². The maximum absolute atomic E-state index is 13.0. The largest absolute Gasteiger partial charge is 0.466 e. The molecule has 0 fully saturated rings. The first kappa shape index (κ1) is 63.2. The molecule has 0 spiro atoms. The summed E-state index contributed by atoms with van der Waals surface area (Å²) in [7, 11) is 3.63. The third-order valence-corrected chi connectivity index (χ3v) is 11.2. The molecule has 390 valence electrons. The van der Waals surface area contributed by atoms with Crippen LogP contribution in [-0.4, -0.2) is 114 Å². The molecule has 0 aliphatic rings. The fraction of sp³-hybridized carbons (Fsp3) is 0.865. The molecule has 0 radical (unpaired) electrons. The van der Waals surface area contributed by atoms with Crippen molar-refractivity contribution in [1.29, 1.82) is 0 Å². The molecule has 15 heteroatoms. The van der Waals surface area contributed by atoms with Gasteiger partial charge in [-0.05, 0) is 71.9 Å². The molecule has 0 saturated carbocycles. The minimum Gasteiger partial charge on any atom is -0.466 e. The molecule has 0 amide bonds. The van der Waals surface area contributed by atoms with E-state index in [1.807, 2.05) is 19.0 Å². The molecule has 0 N–H and O–H groups in total. The van der Waals surface area contributed by atoms with Gasteiger partial charge < -0.3 is 38.1 Å². The Labute approximate surface area is 404 Å². The van der Waals surface area contributed by atoms with E-state index >= 15 is 0 Å². The Morgan fingerprint density at radius 3 is 0.776 bits per heavy atom. The molecular weight excluding hydrogens is 863 g/mol. The van der Waals surface area contributed by atoms with Crippen molar-refractivity contribution in [2.45, 2.75) is 220 Å². The van der Waals surface area contributed by atoms with E-state index < -0.39 is 49.1 Å². The summed E-state index contributed by atoms with van der Waals surface area (Å²) in [5.41, 5.74) is -1.45. The highest BCUT2D eigenvalue weighted by Gasteiger charge is 2.38. The Kier molecular flexibility index (Phi) is 42.2. The van der Waals surface area contributed by atoms with Crippen LogP contribution >= 0.6 is 0 Å². The quantitative estimate of drug-likeness (QED) is 0.0318. The number of carbonyl (C=O) groups is 7. The van der Waals surface area contributed by atoms with E-state index in [9.17, 15) is 33.6 Å². The first-order valence-corrected chi connectivity index (χ1v) is 26.1. The van der Waals surface area contributed by atoms with Gasteiger partial charge in [-0.2, -0.15) is 0 Å². The summed E-state index contributed by atoms with van der Waals surface area (Å²) in [5, 5.41) is 0. The van der Waals surface area contributed by atoms with Crippen LogP contribution in [0.3, 0.4) is 0 Å². The Hall–Kier alpha value is -3.75. The Bertz CT molecular complexity index is 1170. The predicted molar refractivity (Wildman–Crippen MR) is 258 cm³/mol. The predicted octanol–water partition coefficient (Wildman–Crippen LogP) is 10.5. The highest BCUT2D eigenvalue weighted by atomic mass is 16.6. The van der Waals surface area contributed by atoms with Crippen molar-refractivity contribution in [1.82, 2.24) is 4.90 Å². The van der Waals surface area contributed by atoms with Gasteiger partial charge in [-0.25, -0.2) is 0 Å². The average Bonchev–Trinajstić information content (AvgIpc) is 3.31. The molecule has 0 aromatic carbocycles. The summed E-state index contributed by atoms with van der Waals surface area (Å²) in [5.74, 6) is -3.25. The van der Waals surface area contributed by atoms with Gasteiger partial charge in [0, 0.05) is 45.1 Å². The third kappa shape index (κ3) is 42.1. The summed E-state index contributed by atoms with van der Waals surface area (Å²) < 4.78 is 38.6. The van der Waals surface area contributed by atoms with Crippen LogP contribution in [-0.2, 0) is 66.7 Å². The number of carbonyl (C=O) groups excluding carboxylic acids is 7. The van der Waals surface area contributed by atoms with Crippen molar-refractivity contribution in [2.24, 2.45) is 5.41 Å². The van der Waals surface area contributed by atoms with Crippen LogP contribution in [0.15, 0.2) is 0 Å². The molecule has 0 unspecified atom stereocenters. The molecule has 0 aromatic rings. The lowest BCUT2D eigenvalue weighted by Gasteiger charge is -2.31. The number of rotatable bonds is 47. The van der Waals surface area contributed by atoms with Crippen molar-refractivity contribution in [3.63, 3.8) is 0 Å². The summed E-state index contributed by atoms with van der Waals surface area (Å²) in [6.45, 7) is 6.47. The van der Waals surface area contributed by atoms with Crippen LogP contribution in [0, 0.1) is 5.41 Å². The lowest BCUT2D eigenvalue weighted by Crippen LogP contribution is -2.44. The van der Waals surface area contributed by atoms with E-state index in [1.165, 1.54) is 57.8 Å². The Balaban J connectivity index is 5.46. The maximum atomic E-state index is 13.0. The van der Waals surface area contributed by atoms with E-state index in [2.05, 4.69) is 20.8 Å². The zero-order valence-corrected chi connectivity index (χ0v) is 42.7. The van der Waals surface area contributed by atoms with E-state index in [-0.39, 0.29) is 69.5 Å². The lowest BCUT2D eigenvalue weighted by atomic mass is 9.92. The van der Waals surface area contributed by atoms with Crippen LogP contribution < -0.4 is 0 Å². The fourth-order valence-electron chi connectivity index (χ4n) is 6.83. The number of unbranched alkanes of at least 4 members (excludes halogenated alkanes) is 18. The zero-order chi connectivity index (χ0) is 49.6. The Morgan fingerprint density at radius 2 is 0.522 bits per heavy atom. The highest BCUT2D eigenvalue weighted by Crippen LogP contribution is 2.23. The molecule has 15 nitrogen and oxygen atoms in total. The van der Waals surface area contributed by atoms with Crippen LogP contribution in [0.2, 0.25) is 0 Å². The van der Waals surface area contributed by atoms with Gasteiger partial charge in [-0.15, -0.1) is 0 Å². The van der Waals surface area contributed by atoms with E-state index in [4.69, 9.17) is 33.2 Å². The minimum atomic E-state index is -1.45. The van der Waals surface area contributed by atoms with Crippen molar-refractivity contribution >= 4 is 41.8 Å². The maximum Gasteiger partial charge on any atom is 0.307 e. The normalized spacial score (nSPS) is 11.3. The van der Waals surface area contributed by atoms with Crippen molar-refractivity contribution in [3.8, 4) is 0 Å². The molecule has 0 rings (SSSR count). The summed E-state index contributed by atoms with van der Waals surface area (Å²) in [6.07, 6.45) is 22.4. The second-order valence-electron chi connectivity index (χ2n) is 18.3. The molecule has 67 heavy (non-hydrogen) atoms. The smallest absolute Gasteiger partial charge is 0.307 e. The summed E-state index contributed by atoms with van der Waals surface area (Å²) in [4.78, 5) is 90.4. The third-order valence-electron chi connectivity index (χ3n) is 11.2. The fourth-order valence-corrected chi connectivity index (χ4v) is 6.83. The topological polar surface area (TPSA) is 187 Å². The van der Waals surface area contributed by atoms with E-state index in [1.54, 1.807) is 0 Å². The van der Waals surface area contributed by atoms with Gasteiger partial charge in [-0.1, -0.05) is 117 Å². The van der Waals surface area contributed by atoms with Crippen LogP contribution in [0.4, 0.5) is 0 Å². The number of esters is 7. The number of hydrogen-bond donors (Lipinski definition) is 0. The van der Waals surface area contributed by atoms with Gasteiger partial charge in [0.1, 0.15) is 31.8 Å². The number of nitrogens with zero attached hydrogens (tertiary/aromatic N) is 1. The van der Waals surface area contributed by atoms with Gasteiger partial charge in [0.05, 0.1) is 26.2 Å². The lowest BCUT2D eigenvalue weighted by molar-refractivity contribution is -0.171. The molecule has 0 heterocycles. The van der Waals surface area contributed by atoms with Crippen molar-refractivity contribution in [3.05, 3.63) is 0 Å². The molecular formula is C52H93NO14. The second-order valence-corrected chi connectivity index (χ2v) is 18.3. The van der Waals surface area contributed by atoms with Gasteiger partial charge in [0.2, 0.25) is 0 Å². The van der Waals surface area contributed by atoms with E-state index in [0.717, 1.165) is 57.8 Å². The Morgan fingerprint density at radius 1 is 0.299 bits per heavy atom. The molecule has 0 bridgehead atoms. The van der Waals surface area contributed by atoms with E-state index in [0.29, 0.717) is 64.9 Å². The van der Waals surface area contributed by atoms with Gasteiger partial charge in [0.15, 0.2) is 0 Å². The monoisotopic (exact) mass is 956 g/mol. The first-order chi connectivity index (χ1) is 32.4. The van der Waals surface area contributed by atoms with Crippen LogP contribution in [0.1, 0.15) is 220 Å². The SMILES string of the molecule is CCCCCCCCOC(=O)CCCCC(=O)OCC(COC(=O)CCCCC(=O)OCCCCCCCC)(COC(=O)CCCCC(=O)OCCCCCCCC)COC(=O)CCN(C)C. The zero-order valence-electron chi connectivity index (χ0n) is 42.7. The second kappa shape index (κ2) is 44.7. The van der Waals surface area contributed by atoms with Gasteiger partial charge >= 0.3 is 41.8 Å². The first-order valence-electron chi connectivity index (χ1n) is 26.1. The molecule has 0 aliphatic carbocycles. The van der Waals surface area contributed by atoms with Crippen LogP contribution in [0.25, 0.3) is 0 Å². The molecule has 0 aliphatic heterocycles. The van der Waals surface area contributed by atoms with Crippen molar-refractivity contribution in [2.75, 3.05) is 66.9 Å². The minimum absolute atomic E-state index is 0.00816. The average molecular weight is 956 g/mol. The molecule has 0 aromatic heterocycles. The van der Waals surface area contributed by atoms with Gasteiger partial charge in [-0.3, -0.25) is 33.6 Å². The summed E-state index contributed by atoms with van der Waals surface area (Å²) >= 11 is 0. The molecule has 0 atom stereocenters. The van der Waals surface area contributed by atoms with Crippen molar-refractivity contribution < 1.29 is 66.7 Å². The van der Waals surface area contributed by atoms with Gasteiger partial charge in [0.25, 0.3) is 0 Å².